The topological polar surface area (TPSA) is 145 Å². The van der Waals surface area contributed by atoms with Crippen LogP contribution in [-0.4, -0.2) is 38.4 Å². The summed E-state index contributed by atoms with van der Waals surface area (Å²) in [5.74, 6) is -1.04. The van der Waals surface area contributed by atoms with Gasteiger partial charge in [-0.05, 0) is 13.8 Å². The largest absolute Gasteiger partial charge is 4.00 e. The number of hydrogen-bond donors (Lipinski definition) is 0. The van der Waals surface area contributed by atoms with E-state index < -0.39 is 11.9 Å². The van der Waals surface area contributed by atoms with Gasteiger partial charge in [-0.3, -0.25) is 0 Å². The molecule has 0 amide bonds. The first kappa shape index (κ1) is 38.3. The molecule has 0 aromatic heterocycles. The number of rotatable bonds is 6. The third-order valence-electron chi connectivity index (χ3n) is 1.88. The fraction of sp³-hybridized carbons (Fsp3) is 0.700. The number of esters is 2. The van der Waals surface area contributed by atoms with Gasteiger partial charge in [0.15, 0.2) is 0 Å². The minimum atomic E-state index is -0.565. The molecule has 0 aromatic rings. The maximum absolute atomic E-state index is 10.4. The summed E-state index contributed by atoms with van der Waals surface area (Å²) in [6.45, 7) is 14.3. The van der Waals surface area contributed by atoms with Gasteiger partial charge >= 0.3 is 33.7 Å². The molecule has 0 aromatic carbocycles. The van der Waals surface area contributed by atoms with Crippen molar-refractivity contribution in [3.8, 4) is 0 Å². The Morgan fingerprint density at radius 1 is 0.759 bits per heavy atom. The molecular formula is C20H36O8Ti. The first-order valence-corrected chi connectivity index (χ1v) is 9.07. The second-order valence-electron chi connectivity index (χ2n) is 6.14. The van der Waals surface area contributed by atoms with Gasteiger partial charge in [0.2, 0.25) is 0 Å². The van der Waals surface area contributed by atoms with Crippen LogP contribution in [0.15, 0.2) is 23.7 Å². The van der Waals surface area contributed by atoms with Crippen molar-refractivity contribution in [2.45, 2.75) is 55.4 Å². The Bertz CT molecular complexity index is 384. The molecule has 9 heteroatoms. The summed E-state index contributed by atoms with van der Waals surface area (Å²) in [4.78, 5) is 20.7. The summed E-state index contributed by atoms with van der Waals surface area (Å²) in [5.41, 5.74) is 0. The molecule has 168 valence electrons. The second-order valence-corrected chi connectivity index (χ2v) is 6.14. The Balaban J connectivity index is -0.0000000907. The molecule has 0 aliphatic rings. The quantitative estimate of drug-likeness (QED) is 0.230. The van der Waals surface area contributed by atoms with Crippen molar-refractivity contribution in [1.82, 2.24) is 0 Å². The monoisotopic (exact) mass is 452 g/mol. The zero-order valence-electron chi connectivity index (χ0n) is 18.9. The third-order valence-corrected chi connectivity index (χ3v) is 1.88. The number of ether oxygens (including phenoxy) is 2. The van der Waals surface area contributed by atoms with Gasteiger partial charge in [-0.2, -0.15) is 0 Å². The van der Waals surface area contributed by atoms with Crippen molar-refractivity contribution < 1.29 is 61.2 Å². The van der Waals surface area contributed by atoms with E-state index in [0.29, 0.717) is 25.0 Å². The summed E-state index contributed by atoms with van der Waals surface area (Å²) in [6, 6.07) is 0. The van der Waals surface area contributed by atoms with Crippen LogP contribution in [0.5, 0.6) is 0 Å². The minimum absolute atomic E-state index is 0. The molecule has 0 spiro atoms. The SMILES string of the molecule is CC(C)C[O-].CC(C)C[O-].CCOC(=O)/C=C(\C)[O-].CCOC(=O)/C=C(\C)[O-].[Ti+4]. The molecule has 29 heavy (non-hydrogen) atoms. The fourth-order valence-electron chi connectivity index (χ4n) is 0.700. The van der Waals surface area contributed by atoms with Crippen molar-refractivity contribution in [2.24, 2.45) is 11.8 Å². The van der Waals surface area contributed by atoms with E-state index in [-0.39, 0.29) is 46.4 Å². The van der Waals surface area contributed by atoms with Crippen LogP contribution in [0.3, 0.4) is 0 Å². The van der Waals surface area contributed by atoms with Crippen molar-refractivity contribution in [1.29, 1.82) is 0 Å². The zero-order valence-corrected chi connectivity index (χ0v) is 20.5. The fourth-order valence-corrected chi connectivity index (χ4v) is 0.700. The normalized spacial score (nSPS) is 10.2. The average molecular weight is 452 g/mol. The van der Waals surface area contributed by atoms with E-state index >= 15 is 0 Å². The van der Waals surface area contributed by atoms with Crippen LogP contribution in [0.25, 0.3) is 0 Å². The van der Waals surface area contributed by atoms with Crippen molar-refractivity contribution in [2.75, 3.05) is 26.4 Å². The molecule has 0 N–H and O–H groups in total. The van der Waals surface area contributed by atoms with E-state index in [1.807, 2.05) is 27.7 Å². The Kier molecular flexibility index (Phi) is 38.1. The van der Waals surface area contributed by atoms with Crippen LogP contribution in [-0.2, 0) is 40.8 Å². The average Bonchev–Trinajstić information content (AvgIpc) is 2.55. The number of carbonyl (C=O) groups is 2. The summed E-state index contributed by atoms with van der Waals surface area (Å²) >= 11 is 0. The van der Waals surface area contributed by atoms with Gasteiger partial charge in [-0.25, -0.2) is 9.59 Å². The Hall–Kier alpha value is -1.35. The maximum atomic E-state index is 10.4. The van der Waals surface area contributed by atoms with Crippen molar-refractivity contribution in [3.05, 3.63) is 23.7 Å². The van der Waals surface area contributed by atoms with Gasteiger partial charge < -0.3 is 29.9 Å². The molecule has 0 saturated heterocycles. The minimum Gasteiger partial charge on any atom is -0.875 e. The van der Waals surface area contributed by atoms with Crippen LogP contribution in [0, 0.1) is 11.8 Å². The molecule has 0 atom stereocenters. The van der Waals surface area contributed by atoms with Gasteiger partial charge in [0.25, 0.3) is 0 Å². The Morgan fingerprint density at radius 3 is 1.07 bits per heavy atom. The number of hydrogen-bond acceptors (Lipinski definition) is 8. The Labute approximate surface area is 190 Å². The first-order valence-electron chi connectivity index (χ1n) is 9.07. The van der Waals surface area contributed by atoms with E-state index in [1.54, 1.807) is 13.8 Å². The summed E-state index contributed by atoms with van der Waals surface area (Å²) < 4.78 is 8.87. The molecule has 8 nitrogen and oxygen atoms in total. The molecular weight excluding hydrogens is 416 g/mol. The zero-order chi connectivity index (χ0) is 23.1. The number of carbonyl (C=O) groups excluding carboxylic acids is 2. The molecule has 0 saturated carbocycles. The predicted molar refractivity (Wildman–Crippen MR) is 100 cm³/mol. The van der Waals surface area contributed by atoms with E-state index in [1.165, 1.54) is 13.8 Å². The van der Waals surface area contributed by atoms with Crippen LogP contribution < -0.4 is 20.4 Å². The molecule has 0 rings (SSSR count). The molecule has 0 aliphatic heterocycles. The van der Waals surface area contributed by atoms with Gasteiger partial charge in [0.05, 0.1) is 13.2 Å². The van der Waals surface area contributed by atoms with Crippen molar-refractivity contribution in [3.63, 3.8) is 0 Å². The summed E-state index contributed by atoms with van der Waals surface area (Å²) in [7, 11) is 0. The van der Waals surface area contributed by atoms with Gasteiger partial charge in [-0.15, -0.1) is 24.7 Å². The molecule has 0 fully saturated rings. The van der Waals surface area contributed by atoms with E-state index in [2.05, 4.69) is 9.47 Å². The van der Waals surface area contributed by atoms with Crippen LogP contribution >= 0.6 is 0 Å². The smallest absolute Gasteiger partial charge is 0.875 e. The van der Waals surface area contributed by atoms with Gasteiger partial charge in [0.1, 0.15) is 0 Å². The Morgan fingerprint density at radius 2 is 0.966 bits per heavy atom. The standard InChI is InChI=1S/2C6H10O3.2C4H9O.Ti/c2*1-3-9-6(8)4-5(2)7;2*1-4(2)3-5;/h2*4,7H,3H2,1-2H3;2*4H,3H2,1-2H3;/q;;2*-1;+4/p-2/b2*5-4+;;;. The molecule has 0 unspecified atom stereocenters. The van der Waals surface area contributed by atoms with Crippen LogP contribution in [0.4, 0.5) is 0 Å². The predicted octanol–water partition coefficient (Wildman–Crippen LogP) is -0.370. The number of allylic oxidation sites excluding steroid dienone is 2. The maximum Gasteiger partial charge on any atom is 4.00 e. The van der Waals surface area contributed by atoms with Crippen LogP contribution in [0.2, 0.25) is 0 Å². The summed E-state index contributed by atoms with van der Waals surface area (Å²) in [5, 5.41) is 39.6. The van der Waals surface area contributed by atoms with E-state index in [0.717, 1.165) is 12.2 Å². The van der Waals surface area contributed by atoms with Crippen LogP contribution in [0.1, 0.15) is 55.4 Å². The van der Waals surface area contributed by atoms with E-state index in [9.17, 15) is 30.0 Å². The molecule has 0 aliphatic carbocycles. The van der Waals surface area contributed by atoms with Gasteiger partial charge in [-0.1, -0.05) is 53.4 Å². The van der Waals surface area contributed by atoms with Crippen molar-refractivity contribution >= 4 is 11.9 Å². The third kappa shape index (κ3) is 58.4. The second kappa shape index (κ2) is 28.9. The van der Waals surface area contributed by atoms with Gasteiger partial charge in [0, 0.05) is 12.2 Å². The summed E-state index contributed by atoms with van der Waals surface area (Å²) in [6.07, 6.45) is 1.84. The van der Waals surface area contributed by atoms with E-state index in [4.69, 9.17) is 0 Å². The molecule has 0 radical (unpaired) electrons. The first-order chi connectivity index (χ1) is 12.9. The molecule has 0 heterocycles. The molecule has 0 bridgehead atoms.